The minimum atomic E-state index is -0.0150. The van der Waals surface area contributed by atoms with Crippen molar-refractivity contribution in [2.45, 2.75) is 44.6 Å². The molecule has 1 saturated heterocycles. The Balaban J connectivity index is 1.38. The van der Waals surface area contributed by atoms with Crippen LogP contribution in [-0.4, -0.2) is 39.8 Å². The van der Waals surface area contributed by atoms with Gasteiger partial charge in [0.1, 0.15) is 5.15 Å². The topological polar surface area (TPSA) is 68.5 Å². The highest BCUT2D eigenvalue weighted by molar-refractivity contribution is 6.29. The van der Waals surface area contributed by atoms with Crippen molar-refractivity contribution < 1.29 is 9.53 Å². The summed E-state index contributed by atoms with van der Waals surface area (Å²) in [5, 5.41) is 7.97. The zero-order valence-electron chi connectivity index (χ0n) is 16.8. The van der Waals surface area contributed by atoms with E-state index in [1.165, 1.54) is 0 Å². The number of aryl methyl sites for hydroxylation is 1. The van der Waals surface area contributed by atoms with Gasteiger partial charge in [0.2, 0.25) is 0 Å². The Kier molecular flexibility index (Phi) is 5.44. The van der Waals surface area contributed by atoms with E-state index in [4.69, 9.17) is 16.3 Å². The third-order valence-corrected chi connectivity index (χ3v) is 6.22. The fourth-order valence-corrected chi connectivity index (χ4v) is 4.27. The van der Waals surface area contributed by atoms with Gasteiger partial charge in [-0.05, 0) is 68.2 Å². The number of benzene rings is 1. The molecule has 1 aliphatic heterocycles. The number of carbonyl (C=O) groups is 1. The van der Waals surface area contributed by atoms with Crippen molar-refractivity contribution in [3.8, 4) is 11.3 Å². The molecule has 0 spiro atoms. The molecule has 2 fully saturated rings. The van der Waals surface area contributed by atoms with Crippen LogP contribution in [0.15, 0.2) is 36.5 Å². The molecular formula is C23H25ClN4O2. The van der Waals surface area contributed by atoms with Gasteiger partial charge in [-0.15, -0.1) is 0 Å². The van der Waals surface area contributed by atoms with Gasteiger partial charge < -0.3 is 10.1 Å². The largest absolute Gasteiger partial charge is 0.381 e. The normalized spacial score (nSPS) is 17.4. The number of imidazole rings is 1. The third kappa shape index (κ3) is 4.20. The molecule has 3 heterocycles. The van der Waals surface area contributed by atoms with Gasteiger partial charge in [-0.1, -0.05) is 23.7 Å². The molecule has 1 saturated carbocycles. The molecule has 2 aromatic heterocycles. The minimum absolute atomic E-state index is 0.0150. The van der Waals surface area contributed by atoms with E-state index >= 15 is 0 Å². The summed E-state index contributed by atoms with van der Waals surface area (Å²) in [5.74, 6) is 0.674. The number of ether oxygens (including phenoxy) is 1. The van der Waals surface area contributed by atoms with E-state index in [0.717, 1.165) is 74.2 Å². The Morgan fingerprint density at radius 3 is 2.67 bits per heavy atom. The van der Waals surface area contributed by atoms with Crippen LogP contribution in [0.2, 0.25) is 5.15 Å². The minimum Gasteiger partial charge on any atom is -0.381 e. The van der Waals surface area contributed by atoms with Crippen molar-refractivity contribution in [2.24, 2.45) is 5.92 Å². The third-order valence-electron chi connectivity index (χ3n) is 6.03. The second-order valence-electron chi connectivity index (χ2n) is 8.29. The van der Waals surface area contributed by atoms with Crippen molar-refractivity contribution in [3.63, 3.8) is 0 Å². The summed E-state index contributed by atoms with van der Waals surface area (Å²) in [6, 6.07) is 9.86. The maximum absolute atomic E-state index is 12.2. The molecule has 156 valence electrons. The van der Waals surface area contributed by atoms with Crippen LogP contribution in [0.3, 0.4) is 0 Å². The number of nitrogens with one attached hydrogen (secondary N) is 1. The quantitative estimate of drug-likeness (QED) is 0.640. The summed E-state index contributed by atoms with van der Waals surface area (Å²) in [6.07, 6.45) is 8.25. The molecule has 7 heteroatoms. The first kappa shape index (κ1) is 19.5. The van der Waals surface area contributed by atoms with Gasteiger partial charge in [-0.3, -0.25) is 4.79 Å². The highest BCUT2D eigenvalue weighted by Crippen LogP contribution is 2.27. The second kappa shape index (κ2) is 8.36. The number of hydrogen-bond acceptors (Lipinski definition) is 4. The maximum Gasteiger partial charge on any atom is 0.251 e. The first-order chi connectivity index (χ1) is 14.7. The molecule has 1 aromatic carbocycles. The van der Waals surface area contributed by atoms with Crippen LogP contribution in [-0.2, 0) is 11.2 Å². The lowest BCUT2D eigenvalue weighted by atomic mass is 9.93. The van der Waals surface area contributed by atoms with Crippen molar-refractivity contribution in [1.29, 1.82) is 0 Å². The van der Waals surface area contributed by atoms with Crippen LogP contribution in [0.5, 0.6) is 0 Å². The lowest BCUT2D eigenvalue weighted by Gasteiger charge is -2.21. The van der Waals surface area contributed by atoms with Crippen molar-refractivity contribution in [1.82, 2.24) is 19.9 Å². The van der Waals surface area contributed by atoms with E-state index in [-0.39, 0.29) is 5.91 Å². The monoisotopic (exact) mass is 424 g/mol. The number of hydrogen-bond donors (Lipinski definition) is 1. The van der Waals surface area contributed by atoms with Crippen molar-refractivity contribution >= 4 is 23.2 Å². The highest BCUT2D eigenvalue weighted by Gasteiger charge is 2.24. The molecule has 6 nitrogen and oxygen atoms in total. The molecule has 1 N–H and O–H groups in total. The zero-order valence-corrected chi connectivity index (χ0v) is 17.6. The predicted octanol–water partition coefficient (Wildman–Crippen LogP) is 4.30. The van der Waals surface area contributed by atoms with Crippen molar-refractivity contribution in [2.75, 3.05) is 13.2 Å². The summed E-state index contributed by atoms with van der Waals surface area (Å²) in [5.41, 5.74) is 4.46. The molecule has 0 unspecified atom stereocenters. The van der Waals surface area contributed by atoms with E-state index in [0.29, 0.717) is 22.7 Å². The number of nitrogens with zero attached hydrogens (tertiary/aromatic N) is 3. The van der Waals surface area contributed by atoms with E-state index in [9.17, 15) is 4.79 Å². The molecule has 1 aliphatic carbocycles. The Bertz CT molecular complexity index is 1050. The van der Waals surface area contributed by atoms with E-state index < -0.39 is 0 Å². The smallest absolute Gasteiger partial charge is 0.251 e. The first-order valence-electron chi connectivity index (χ1n) is 10.7. The number of rotatable bonds is 6. The van der Waals surface area contributed by atoms with Gasteiger partial charge >= 0.3 is 0 Å². The Morgan fingerprint density at radius 1 is 1.17 bits per heavy atom. The van der Waals surface area contributed by atoms with E-state index in [2.05, 4.69) is 15.4 Å². The van der Waals surface area contributed by atoms with Gasteiger partial charge in [0.25, 0.3) is 5.91 Å². The van der Waals surface area contributed by atoms with Gasteiger partial charge in [0.15, 0.2) is 5.65 Å². The molecule has 0 bridgehead atoms. The summed E-state index contributed by atoms with van der Waals surface area (Å²) < 4.78 is 7.29. The van der Waals surface area contributed by atoms with Gasteiger partial charge in [-0.2, -0.15) is 5.10 Å². The van der Waals surface area contributed by atoms with Crippen LogP contribution in [0.25, 0.3) is 16.9 Å². The summed E-state index contributed by atoms with van der Waals surface area (Å²) >= 11 is 6.35. The SMILES string of the molecule is O=C(NC1CC1)c1ccc(-c2cnc3c(CCC4CCOCC4)cc(Cl)nn23)cc1. The second-order valence-corrected chi connectivity index (χ2v) is 8.68. The average molecular weight is 425 g/mol. The van der Waals surface area contributed by atoms with Gasteiger partial charge in [-0.25, -0.2) is 9.50 Å². The lowest BCUT2D eigenvalue weighted by Crippen LogP contribution is -2.25. The molecule has 3 aromatic rings. The fourth-order valence-electron chi connectivity index (χ4n) is 4.06. The number of halogens is 1. The molecule has 0 radical (unpaired) electrons. The predicted molar refractivity (Wildman–Crippen MR) is 116 cm³/mol. The number of fused-ring (bicyclic) bond motifs is 1. The Labute approximate surface area is 180 Å². The maximum atomic E-state index is 12.2. The van der Waals surface area contributed by atoms with Crippen LogP contribution >= 0.6 is 11.6 Å². The van der Waals surface area contributed by atoms with E-state index in [1.54, 1.807) is 0 Å². The number of carbonyl (C=O) groups excluding carboxylic acids is 1. The molecule has 2 aliphatic rings. The highest BCUT2D eigenvalue weighted by atomic mass is 35.5. The standard InChI is InChI=1S/C23H25ClN4O2/c24-21-13-18(2-1-15-9-11-30-12-10-15)22-25-14-20(28(22)27-21)16-3-5-17(6-4-16)23(29)26-19-7-8-19/h3-6,13-15,19H,1-2,7-12H2,(H,26,29). The Morgan fingerprint density at radius 2 is 1.93 bits per heavy atom. The summed E-state index contributed by atoms with van der Waals surface area (Å²) in [4.78, 5) is 16.9. The summed E-state index contributed by atoms with van der Waals surface area (Å²) in [7, 11) is 0. The Hall–Kier alpha value is -2.44. The van der Waals surface area contributed by atoms with Crippen molar-refractivity contribution in [3.05, 3.63) is 52.8 Å². The fraction of sp³-hybridized carbons (Fsp3) is 0.435. The summed E-state index contributed by atoms with van der Waals surface area (Å²) in [6.45, 7) is 1.72. The first-order valence-corrected chi connectivity index (χ1v) is 11.1. The molecule has 30 heavy (non-hydrogen) atoms. The van der Waals surface area contributed by atoms with Crippen LogP contribution in [0, 0.1) is 5.92 Å². The van der Waals surface area contributed by atoms with E-state index in [1.807, 2.05) is 41.0 Å². The van der Waals surface area contributed by atoms with Crippen LogP contribution < -0.4 is 5.32 Å². The van der Waals surface area contributed by atoms with Crippen LogP contribution in [0.4, 0.5) is 0 Å². The molecule has 0 atom stereocenters. The number of aromatic nitrogens is 3. The molecule has 5 rings (SSSR count). The lowest BCUT2D eigenvalue weighted by molar-refractivity contribution is 0.0640. The number of amides is 1. The van der Waals surface area contributed by atoms with Gasteiger partial charge in [0, 0.05) is 30.4 Å². The average Bonchev–Trinajstić information content (AvgIpc) is 3.48. The zero-order chi connectivity index (χ0) is 20.5. The van der Waals surface area contributed by atoms with Crippen LogP contribution in [0.1, 0.15) is 48.0 Å². The van der Waals surface area contributed by atoms with Gasteiger partial charge in [0.05, 0.1) is 11.9 Å². The molecule has 1 amide bonds. The molecular weight excluding hydrogens is 400 g/mol.